The van der Waals surface area contributed by atoms with Gasteiger partial charge in [-0.05, 0) is 19.4 Å². The van der Waals surface area contributed by atoms with E-state index in [0.29, 0.717) is 12.1 Å². The van der Waals surface area contributed by atoms with Gasteiger partial charge in [0.25, 0.3) is 5.91 Å². The molecule has 2 rings (SSSR count). The maximum atomic E-state index is 12.7. The molecule has 1 heterocycles. The number of aryl methyl sites for hydroxylation is 1. The van der Waals surface area contributed by atoms with Gasteiger partial charge in [-0.15, -0.1) is 0 Å². The molecule has 112 valence electrons. The fraction of sp³-hybridized carbons (Fsp3) is 0.375. The van der Waals surface area contributed by atoms with Crippen LogP contribution in [0.2, 0.25) is 0 Å². The van der Waals surface area contributed by atoms with Crippen LogP contribution in [-0.2, 0) is 11.3 Å². The number of amides is 1. The van der Waals surface area contributed by atoms with E-state index in [-0.39, 0.29) is 12.5 Å². The first kappa shape index (κ1) is 15.1. The van der Waals surface area contributed by atoms with Crippen molar-refractivity contribution in [2.45, 2.75) is 26.8 Å². The fourth-order valence-electron chi connectivity index (χ4n) is 2.53. The molecule has 1 aromatic carbocycles. The molecule has 0 aliphatic carbocycles. The maximum absolute atomic E-state index is 12.7. The van der Waals surface area contributed by atoms with Crippen molar-refractivity contribution >= 4 is 22.8 Å². The molecule has 1 aromatic heterocycles. The predicted octanol–water partition coefficient (Wildman–Crippen LogP) is 2.60. The Bertz CT molecular complexity index is 661. The number of carbonyl (C=O) groups excluding carboxylic acids is 1. The molecule has 0 fully saturated rings. The van der Waals surface area contributed by atoms with E-state index < -0.39 is 5.97 Å². The summed E-state index contributed by atoms with van der Waals surface area (Å²) in [5.41, 5.74) is 1.57. The molecule has 5 nitrogen and oxygen atoms in total. The second kappa shape index (κ2) is 6.43. The van der Waals surface area contributed by atoms with Gasteiger partial charge in [0.05, 0.1) is 5.56 Å². The van der Waals surface area contributed by atoms with E-state index in [1.54, 1.807) is 0 Å². The number of hydrogen-bond donors (Lipinski definition) is 1. The van der Waals surface area contributed by atoms with Crippen molar-refractivity contribution in [3.05, 3.63) is 36.0 Å². The van der Waals surface area contributed by atoms with Crippen molar-refractivity contribution in [1.82, 2.24) is 9.47 Å². The van der Waals surface area contributed by atoms with Gasteiger partial charge in [0.1, 0.15) is 6.54 Å². The van der Waals surface area contributed by atoms with Crippen LogP contribution in [0.15, 0.2) is 30.5 Å². The van der Waals surface area contributed by atoms with Gasteiger partial charge in [-0.25, -0.2) is 0 Å². The first-order chi connectivity index (χ1) is 10.1. The lowest BCUT2D eigenvalue weighted by atomic mass is 10.1. The molecule has 0 spiro atoms. The van der Waals surface area contributed by atoms with Crippen LogP contribution in [0.25, 0.3) is 10.9 Å². The predicted molar refractivity (Wildman–Crippen MR) is 81.4 cm³/mol. The highest BCUT2D eigenvalue weighted by molar-refractivity contribution is 6.07. The summed E-state index contributed by atoms with van der Waals surface area (Å²) in [5, 5.41) is 9.84. The van der Waals surface area contributed by atoms with Crippen molar-refractivity contribution < 1.29 is 14.7 Å². The van der Waals surface area contributed by atoms with Crippen molar-refractivity contribution in [1.29, 1.82) is 0 Å². The van der Waals surface area contributed by atoms with Crippen LogP contribution in [0.5, 0.6) is 0 Å². The average molecular weight is 288 g/mol. The minimum atomic E-state index is -0.990. The molecule has 0 aliphatic rings. The highest BCUT2D eigenvalue weighted by atomic mass is 16.4. The zero-order valence-corrected chi connectivity index (χ0v) is 12.4. The molecule has 2 aromatic rings. The Labute approximate surface area is 123 Å². The van der Waals surface area contributed by atoms with Gasteiger partial charge in [-0.3, -0.25) is 9.59 Å². The van der Waals surface area contributed by atoms with Gasteiger partial charge in [0.2, 0.25) is 0 Å². The number of rotatable bonds is 6. The van der Waals surface area contributed by atoms with Crippen LogP contribution < -0.4 is 0 Å². The Kier molecular flexibility index (Phi) is 4.62. The third-order valence-electron chi connectivity index (χ3n) is 3.47. The Hall–Kier alpha value is -2.30. The number of benzene rings is 1. The smallest absolute Gasteiger partial charge is 0.323 e. The van der Waals surface area contributed by atoms with E-state index in [4.69, 9.17) is 5.11 Å². The van der Waals surface area contributed by atoms with E-state index in [1.165, 1.54) is 4.90 Å². The second-order valence-electron chi connectivity index (χ2n) is 4.97. The van der Waals surface area contributed by atoms with Crippen LogP contribution >= 0.6 is 0 Å². The number of aliphatic carboxylic acids is 1. The number of para-hydroxylation sites is 1. The van der Waals surface area contributed by atoms with Gasteiger partial charge in [-0.1, -0.05) is 25.1 Å². The molecule has 0 bridgehead atoms. The molecule has 5 heteroatoms. The minimum absolute atomic E-state index is 0.220. The summed E-state index contributed by atoms with van der Waals surface area (Å²) >= 11 is 0. The minimum Gasteiger partial charge on any atom is -0.480 e. The molecule has 21 heavy (non-hydrogen) atoms. The van der Waals surface area contributed by atoms with Crippen LogP contribution in [0.4, 0.5) is 0 Å². The molecule has 0 radical (unpaired) electrons. The van der Waals surface area contributed by atoms with Crippen molar-refractivity contribution in [3.8, 4) is 0 Å². The van der Waals surface area contributed by atoms with Gasteiger partial charge in [0, 0.05) is 30.2 Å². The summed E-state index contributed by atoms with van der Waals surface area (Å²) in [6.07, 6.45) is 2.54. The van der Waals surface area contributed by atoms with Crippen LogP contribution in [0.1, 0.15) is 30.6 Å². The number of carboxylic acid groups (broad SMARTS) is 1. The molecule has 0 saturated heterocycles. The Balaban J connectivity index is 2.44. The number of hydrogen-bond acceptors (Lipinski definition) is 2. The van der Waals surface area contributed by atoms with E-state index in [0.717, 1.165) is 23.9 Å². The topological polar surface area (TPSA) is 62.5 Å². The number of carboxylic acids is 1. The van der Waals surface area contributed by atoms with E-state index in [1.807, 2.05) is 48.9 Å². The molecular weight excluding hydrogens is 268 g/mol. The second-order valence-corrected chi connectivity index (χ2v) is 4.97. The molecular formula is C16H20N2O3. The lowest BCUT2D eigenvalue weighted by molar-refractivity contribution is -0.137. The third-order valence-corrected chi connectivity index (χ3v) is 3.47. The number of nitrogens with zero attached hydrogens (tertiary/aromatic N) is 2. The SMILES string of the molecule is CCCN(CC(=O)O)C(=O)c1cn(CC)c2ccccc12. The summed E-state index contributed by atoms with van der Waals surface area (Å²) in [6, 6.07) is 7.70. The zero-order chi connectivity index (χ0) is 15.4. The number of fused-ring (bicyclic) bond motifs is 1. The van der Waals surface area contributed by atoms with Crippen LogP contribution in [0.3, 0.4) is 0 Å². The lowest BCUT2D eigenvalue weighted by Gasteiger charge is -2.19. The number of aromatic nitrogens is 1. The first-order valence-corrected chi connectivity index (χ1v) is 7.17. The maximum Gasteiger partial charge on any atom is 0.323 e. The third kappa shape index (κ3) is 3.07. The standard InChI is InChI=1S/C16H20N2O3/c1-3-9-18(11-15(19)20)16(21)13-10-17(4-2)14-8-6-5-7-12(13)14/h5-8,10H,3-4,9,11H2,1-2H3,(H,19,20). The Morgan fingerprint density at radius 2 is 1.95 bits per heavy atom. The van der Waals surface area contributed by atoms with Crippen LogP contribution in [0, 0.1) is 0 Å². The summed E-state index contributed by atoms with van der Waals surface area (Å²) in [6.45, 7) is 4.88. The van der Waals surface area contributed by atoms with Crippen molar-refractivity contribution in [3.63, 3.8) is 0 Å². The lowest BCUT2D eigenvalue weighted by Crippen LogP contribution is -2.36. The molecule has 1 amide bonds. The monoisotopic (exact) mass is 288 g/mol. The van der Waals surface area contributed by atoms with Crippen molar-refractivity contribution in [2.24, 2.45) is 0 Å². The number of carbonyl (C=O) groups is 2. The van der Waals surface area contributed by atoms with Gasteiger partial charge in [-0.2, -0.15) is 0 Å². The molecule has 0 saturated carbocycles. The van der Waals surface area contributed by atoms with E-state index in [9.17, 15) is 9.59 Å². The van der Waals surface area contributed by atoms with E-state index in [2.05, 4.69) is 0 Å². The summed E-state index contributed by atoms with van der Waals surface area (Å²) in [5.74, 6) is -1.21. The Morgan fingerprint density at radius 3 is 2.57 bits per heavy atom. The summed E-state index contributed by atoms with van der Waals surface area (Å²) < 4.78 is 2.01. The van der Waals surface area contributed by atoms with Crippen molar-refractivity contribution in [2.75, 3.05) is 13.1 Å². The zero-order valence-electron chi connectivity index (χ0n) is 12.4. The highest BCUT2D eigenvalue weighted by Gasteiger charge is 2.21. The largest absolute Gasteiger partial charge is 0.480 e. The molecule has 0 aliphatic heterocycles. The van der Waals surface area contributed by atoms with E-state index >= 15 is 0 Å². The average Bonchev–Trinajstić information content (AvgIpc) is 2.84. The molecule has 0 atom stereocenters. The highest BCUT2D eigenvalue weighted by Crippen LogP contribution is 2.22. The molecule has 1 N–H and O–H groups in total. The normalized spacial score (nSPS) is 10.8. The Morgan fingerprint density at radius 1 is 1.24 bits per heavy atom. The molecule has 0 unspecified atom stereocenters. The summed E-state index contributed by atoms with van der Waals surface area (Å²) in [4.78, 5) is 25.0. The van der Waals surface area contributed by atoms with Gasteiger partial charge in [0.15, 0.2) is 0 Å². The fourth-order valence-corrected chi connectivity index (χ4v) is 2.53. The van der Waals surface area contributed by atoms with Gasteiger partial charge < -0.3 is 14.6 Å². The van der Waals surface area contributed by atoms with Gasteiger partial charge >= 0.3 is 5.97 Å². The quantitative estimate of drug-likeness (QED) is 0.888. The first-order valence-electron chi connectivity index (χ1n) is 7.17. The summed E-state index contributed by atoms with van der Waals surface area (Å²) in [7, 11) is 0. The van der Waals surface area contributed by atoms with Crippen LogP contribution in [-0.4, -0.2) is 39.5 Å².